The molecule has 174 valence electrons. The van der Waals surface area contributed by atoms with Crippen molar-refractivity contribution in [2.45, 2.75) is 49.3 Å². The molecule has 1 aromatic carbocycles. The molecule has 2 N–H and O–H groups in total. The molecule has 2 atom stereocenters. The van der Waals surface area contributed by atoms with Crippen molar-refractivity contribution in [3.8, 4) is 6.07 Å². The summed E-state index contributed by atoms with van der Waals surface area (Å²) in [6.45, 7) is 5.89. The van der Waals surface area contributed by atoms with E-state index in [1.165, 1.54) is 12.1 Å². The number of hydrogen-bond acceptors (Lipinski definition) is 7. The van der Waals surface area contributed by atoms with Crippen LogP contribution in [0, 0.1) is 17.2 Å². The van der Waals surface area contributed by atoms with Crippen molar-refractivity contribution in [3.05, 3.63) is 46.9 Å². The first-order chi connectivity index (χ1) is 15.6. The van der Waals surface area contributed by atoms with Crippen molar-refractivity contribution in [2.75, 3.05) is 18.5 Å². The molecule has 0 spiro atoms. The van der Waals surface area contributed by atoms with Crippen LogP contribution < -0.4 is 10.9 Å². The summed E-state index contributed by atoms with van der Waals surface area (Å²) in [5.74, 6) is 0.0452. The van der Waals surface area contributed by atoms with Crippen molar-refractivity contribution in [3.63, 3.8) is 0 Å². The SMILES string of the molecule is CC(C)(C)S(=O)(=O)c1ccc(Nc2nn([C@@H]3COCCC[C@H]3C#N)c3cc[nH]c(=O)c23)cc1. The first-order valence-corrected chi connectivity index (χ1v) is 12.3. The predicted octanol–water partition coefficient (Wildman–Crippen LogP) is 3.53. The van der Waals surface area contributed by atoms with Gasteiger partial charge in [0.25, 0.3) is 5.56 Å². The molecule has 1 fully saturated rings. The van der Waals surface area contributed by atoms with Crippen LogP contribution in [0.2, 0.25) is 0 Å². The summed E-state index contributed by atoms with van der Waals surface area (Å²) in [5, 5.41) is 17.8. The first-order valence-electron chi connectivity index (χ1n) is 10.8. The number of nitrogens with zero attached hydrogens (tertiary/aromatic N) is 3. The fourth-order valence-electron chi connectivity index (χ4n) is 3.96. The number of sulfone groups is 1. The van der Waals surface area contributed by atoms with E-state index in [1.807, 2.05) is 0 Å². The van der Waals surface area contributed by atoms with Crippen LogP contribution in [0.15, 0.2) is 46.2 Å². The second kappa shape index (κ2) is 8.65. The van der Waals surface area contributed by atoms with E-state index in [-0.39, 0.29) is 22.4 Å². The van der Waals surface area contributed by atoms with Crippen molar-refractivity contribution < 1.29 is 13.2 Å². The van der Waals surface area contributed by atoms with E-state index in [9.17, 15) is 18.5 Å². The summed E-state index contributed by atoms with van der Waals surface area (Å²) in [7, 11) is -3.48. The zero-order chi connectivity index (χ0) is 23.8. The molecule has 3 aromatic rings. The predicted molar refractivity (Wildman–Crippen MR) is 125 cm³/mol. The topological polar surface area (TPSA) is 130 Å². The Bertz CT molecular complexity index is 1360. The Morgan fingerprint density at radius 1 is 1.24 bits per heavy atom. The fraction of sp³-hybridized carbons (Fsp3) is 0.435. The number of nitrogens with one attached hydrogen (secondary N) is 2. The van der Waals surface area contributed by atoms with Gasteiger partial charge in [0.1, 0.15) is 5.39 Å². The van der Waals surface area contributed by atoms with Crippen LogP contribution in [0.3, 0.4) is 0 Å². The molecule has 4 rings (SSSR count). The highest BCUT2D eigenvalue weighted by Gasteiger charge is 2.31. The average molecular weight is 470 g/mol. The van der Waals surface area contributed by atoms with Crippen LogP contribution in [-0.2, 0) is 14.6 Å². The summed E-state index contributed by atoms with van der Waals surface area (Å²) in [4.78, 5) is 15.6. The number of benzene rings is 1. The maximum absolute atomic E-state index is 12.7. The van der Waals surface area contributed by atoms with Crippen molar-refractivity contribution in [2.24, 2.45) is 5.92 Å². The normalized spacial score (nSPS) is 19.7. The zero-order valence-corrected chi connectivity index (χ0v) is 19.6. The van der Waals surface area contributed by atoms with Gasteiger partial charge in [0.05, 0.1) is 39.8 Å². The number of pyridine rings is 1. The van der Waals surface area contributed by atoms with Crippen LogP contribution in [0.5, 0.6) is 0 Å². The highest BCUT2D eigenvalue weighted by atomic mass is 32.2. The lowest BCUT2D eigenvalue weighted by molar-refractivity contribution is 0.110. The third-order valence-electron chi connectivity index (χ3n) is 5.90. The molecule has 2 aromatic heterocycles. The first kappa shape index (κ1) is 23.0. The van der Waals surface area contributed by atoms with Gasteiger partial charge in [0.15, 0.2) is 15.7 Å². The van der Waals surface area contributed by atoms with E-state index in [2.05, 4.69) is 21.5 Å². The number of H-pyrrole nitrogens is 1. The molecule has 10 heteroatoms. The molecular formula is C23H27N5O4S. The Morgan fingerprint density at radius 3 is 2.64 bits per heavy atom. The lowest BCUT2D eigenvalue weighted by atomic mass is 9.97. The fourth-order valence-corrected chi connectivity index (χ4v) is 5.16. The Kier molecular flexibility index (Phi) is 6.03. The lowest BCUT2D eigenvalue weighted by Gasteiger charge is -2.20. The van der Waals surface area contributed by atoms with Crippen LogP contribution >= 0.6 is 0 Å². The maximum atomic E-state index is 12.7. The number of nitriles is 1. The van der Waals surface area contributed by atoms with Gasteiger partial charge >= 0.3 is 0 Å². The van der Waals surface area contributed by atoms with Gasteiger partial charge in [-0.3, -0.25) is 9.48 Å². The number of ether oxygens (including phenoxy) is 1. The number of aromatic amines is 1. The second-order valence-electron chi connectivity index (χ2n) is 9.15. The molecule has 1 aliphatic heterocycles. The molecule has 0 aliphatic carbocycles. The number of aromatic nitrogens is 3. The highest BCUT2D eigenvalue weighted by molar-refractivity contribution is 7.92. The van der Waals surface area contributed by atoms with Crippen molar-refractivity contribution in [1.29, 1.82) is 5.26 Å². The Morgan fingerprint density at radius 2 is 1.97 bits per heavy atom. The Balaban J connectivity index is 1.74. The number of fused-ring (bicyclic) bond motifs is 1. The Hall–Kier alpha value is -3.16. The highest BCUT2D eigenvalue weighted by Crippen LogP contribution is 2.32. The molecule has 0 radical (unpaired) electrons. The minimum Gasteiger partial charge on any atom is -0.379 e. The van der Waals surface area contributed by atoms with E-state index >= 15 is 0 Å². The number of anilines is 2. The number of rotatable bonds is 4. The van der Waals surface area contributed by atoms with E-state index < -0.39 is 14.6 Å². The second-order valence-corrected chi connectivity index (χ2v) is 11.8. The van der Waals surface area contributed by atoms with Gasteiger partial charge in [0, 0.05) is 18.5 Å². The summed E-state index contributed by atoms with van der Waals surface area (Å²) < 4.78 is 31.9. The monoisotopic (exact) mass is 469 g/mol. The molecule has 0 amide bonds. The smallest absolute Gasteiger partial charge is 0.261 e. The standard InChI is InChI=1S/C23H27N5O4S/c1-23(2,3)33(30,31)17-8-6-16(7-9-17)26-21-20-18(10-11-25-22(20)29)28(27-21)19-14-32-12-4-5-15(19)13-24/h6-11,15,19H,4-5,12,14H2,1-3H3,(H,25,29)(H,26,27)/t15-,19+/m0/s1. The lowest BCUT2D eigenvalue weighted by Crippen LogP contribution is -2.27. The third kappa shape index (κ3) is 4.26. The van der Waals surface area contributed by atoms with Crippen molar-refractivity contribution in [1.82, 2.24) is 14.8 Å². The van der Waals surface area contributed by atoms with Gasteiger partial charge in [-0.15, -0.1) is 0 Å². The molecule has 1 aliphatic rings. The van der Waals surface area contributed by atoms with Crippen molar-refractivity contribution >= 4 is 32.2 Å². The van der Waals surface area contributed by atoms with Gasteiger partial charge < -0.3 is 15.0 Å². The van der Waals surface area contributed by atoms with E-state index in [4.69, 9.17) is 4.74 Å². The minimum atomic E-state index is -3.48. The molecule has 0 saturated carbocycles. The molecular weight excluding hydrogens is 442 g/mol. The molecule has 33 heavy (non-hydrogen) atoms. The minimum absolute atomic E-state index is 0.223. The van der Waals surface area contributed by atoms with E-state index in [0.29, 0.717) is 42.0 Å². The quantitative estimate of drug-likeness (QED) is 0.598. The largest absolute Gasteiger partial charge is 0.379 e. The van der Waals surface area contributed by atoms with Gasteiger partial charge in [-0.1, -0.05) is 0 Å². The summed E-state index contributed by atoms with van der Waals surface area (Å²) >= 11 is 0. The van der Waals surface area contributed by atoms with Gasteiger partial charge in [-0.2, -0.15) is 10.4 Å². The summed E-state index contributed by atoms with van der Waals surface area (Å²) in [6.07, 6.45) is 3.04. The van der Waals surface area contributed by atoms with Gasteiger partial charge in [0.2, 0.25) is 0 Å². The van der Waals surface area contributed by atoms with Crippen LogP contribution in [-0.4, -0.2) is 41.1 Å². The Labute approximate surface area is 192 Å². The van der Waals surface area contributed by atoms with Crippen LogP contribution in [0.4, 0.5) is 11.5 Å². The number of hydrogen-bond donors (Lipinski definition) is 2. The molecule has 3 heterocycles. The maximum Gasteiger partial charge on any atom is 0.261 e. The molecule has 0 unspecified atom stereocenters. The molecule has 1 saturated heterocycles. The average Bonchev–Trinajstić information content (AvgIpc) is 2.97. The molecule has 9 nitrogen and oxygen atoms in total. The van der Waals surface area contributed by atoms with Crippen LogP contribution in [0.1, 0.15) is 39.7 Å². The van der Waals surface area contributed by atoms with E-state index in [1.54, 1.807) is 49.8 Å². The summed E-state index contributed by atoms with van der Waals surface area (Å²) in [6, 6.07) is 10.2. The zero-order valence-electron chi connectivity index (χ0n) is 18.8. The van der Waals surface area contributed by atoms with Crippen LogP contribution in [0.25, 0.3) is 10.9 Å². The van der Waals surface area contributed by atoms with Gasteiger partial charge in [-0.05, 0) is 63.9 Å². The molecule has 0 bridgehead atoms. The summed E-state index contributed by atoms with van der Waals surface area (Å²) in [5.41, 5.74) is 0.881. The van der Waals surface area contributed by atoms with Gasteiger partial charge in [-0.25, -0.2) is 8.42 Å². The van der Waals surface area contributed by atoms with E-state index in [0.717, 1.165) is 6.42 Å². The third-order valence-corrected chi connectivity index (χ3v) is 8.41.